The van der Waals surface area contributed by atoms with Gasteiger partial charge in [0.2, 0.25) is 0 Å². The van der Waals surface area contributed by atoms with Crippen LogP contribution in [0.2, 0.25) is 0 Å². The van der Waals surface area contributed by atoms with Crippen LogP contribution in [-0.2, 0) is 0 Å². The van der Waals surface area contributed by atoms with Gasteiger partial charge in [-0.3, -0.25) is 4.90 Å². The SMILES string of the molecule is CN1CCCCC1c1nc2c(O)cccn2n1. The molecule has 1 unspecified atom stereocenters. The standard InChI is InChI=1S/C12H16N4O/c1-15-7-3-2-5-9(15)11-13-12-10(17)6-4-8-16(12)14-11/h4,6,8-9,17H,2-3,5,7H2,1H3. The summed E-state index contributed by atoms with van der Waals surface area (Å²) < 4.78 is 1.65. The van der Waals surface area contributed by atoms with E-state index in [1.807, 2.05) is 6.20 Å². The maximum Gasteiger partial charge on any atom is 0.197 e. The highest BCUT2D eigenvalue weighted by Gasteiger charge is 2.24. The second-order valence-electron chi connectivity index (χ2n) is 4.62. The molecule has 3 heterocycles. The number of pyridine rings is 1. The van der Waals surface area contributed by atoms with Gasteiger partial charge < -0.3 is 5.11 Å². The minimum Gasteiger partial charge on any atom is -0.504 e. The highest BCUT2D eigenvalue weighted by atomic mass is 16.3. The molecule has 1 saturated heterocycles. The van der Waals surface area contributed by atoms with Crippen LogP contribution in [0.4, 0.5) is 0 Å². The molecule has 0 aliphatic carbocycles. The summed E-state index contributed by atoms with van der Waals surface area (Å²) in [5.74, 6) is 0.999. The summed E-state index contributed by atoms with van der Waals surface area (Å²) in [6, 6.07) is 3.69. The van der Waals surface area contributed by atoms with Crippen LogP contribution in [0.3, 0.4) is 0 Å². The van der Waals surface area contributed by atoms with Gasteiger partial charge in [-0.25, -0.2) is 9.50 Å². The zero-order valence-corrected chi connectivity index (χ0v) is 9.87. The van der Waals surface area contributed by atoms with Crippen LogP contribution in [0, 0.1) is 0 Å². The number of aromatic nitrogens is 3. The first-order valence-electron chi connectivity index (χ1n) is 6.00. The van der Waals surface area contributed by atoms with E-state index in [0.717, 1.165) is 18.8 Å². The van der Waals surface area contributed by atoms with Gasteiger partial charge in [0.25, 0.3) is 0 Å². The van der Waals surface area contributed by atoms with Crippen LogP contribution in [0.1, 0.15) is 31.1 Å². The molecule has 5 nitrogen and oxygen atoms in total. The van der Waals surface area contributed by atoms with Crippen molar-refractivity contribution in [3.05, 3.63) is 24.2 Å². The van der Waals surface area contributed by atoms with Crippen molar-refractivity contribution in [2.45, 2.75) is 25.3 Å². The number of rotatable bonds is 1. The maximum atomic E-state index is 9.71. The van der Waals surface area contributed by atoms with Crippen molar-refractivity contribution in [2.24, 2.45) is 0 Å². The molecule has 0 aromatic carbocycles. The zero-order valence-electron chi connectivity index (χ0n) is 9.87. The zero-order chi connectivity index (χ0) is 11.8. The van der Waals surface area contributed by atoms with Crippen LogP contribution in [-0.4, -0.2) is 38.2 Å². The summed E-state index contributed by atoms with van der Waals surface area (Å²) in [4.78, 5) is 6.73. The van der Waals surface area contributed by atoms with Gasteiger partial charge in [0.05, 0.1) is 6.04 Å². The van der Waals surface area contributed by atoms with E-state index < -0.39 is 0 Å². The Morgan fingerprint density at radius 3 is 3.06 bits per heavy atom. The Morgan fingerprint density at radius 1 is 1.41 bits per heavy atom. The van der Waals surface area contributed by atoms with Gasteiger partial charge >= 0.3 is 0 Å². The van der Waals surface area contributed by atoms with Crippen molar-refractivity contribution in [2.75, 3.05) is 13.6 Å². The molecular formula is C12H16N4O. The summed E-state index contributed by atoms with van der Waals surface area (Å²) >= 11 is 0. The molecule has 2 aromatic rings. The first kappa shape index (κ1) is 10.5. The molecule has 0 bridgehead atoms. The first-order chi connectivity index (χ1) is 8.25. The average Bonchev–Trinajstić information content (AvgIpc) is 2.75. The van der Waals surface area contributed by atoms with Gasteiger partial charge in [-0.1, -0.05) is 6.42 Å². The summed E-state index contributed by atoms with van der Waals surface area (Å²) in [5.41, 5.74) is 0.543. The van der Waals surface area contributed by atoms with Gasteiger partial charge in [0, 0.05) is 6.20 Å². The predicted octanol–water partition coefficient (Wildman–Crippen LogP) is 1.59. The van der Waals surface area contributed by atoms with E-state index in [1.165, 1.54) is 12.8 Å². The second kappa shape index (κ2) is 4.00. The van der Waals surface area contributed by atoms with Crippen molar-refractivity contribution >= 4 is 5.65 Å². The summed E-state index contributed by atoms with van der Waals surface area (Å²) in [6.45, 7) is 1.09. The highest BCUT2D eigenvalue weighted by Crippen LogP contribution is 2.28. The van der Waals surface area contributed by atoms with Crippen LogP contribution in [0.5, 0.6) is 5.75 Å². The normalized spacial score (nSPS) is 22.1. The molecule has 5 heteroatoms. The fraction of sp³-hybridized carbons (Fsp3) is 0.500. The maximum absolute atomic E-state index is 9.71. The smallest absolute Gasteiger partial charge is 0.197 e. The predicted molar refractivity (Wildman–Crippen MR) is 63.9 cm³/mol. The topological polar surface area (TPSA) is 53.7 Å². The minimum absolute atomic E-state index is 0.185. The number of aromatic hydroxyl groups is 1. The molecule has 1 fully saturated rings. The van der Waals surface area contributed by atoms with E-state index in [9.17, 15) is 5.11 Å². The molecule has 17 heavy (non-hydrogen) atoms. The van der Waals surface area contributed by atoms with Crippen molar-refractivity contribution in [3.63, 3.8) is 0 Å². The monoisotopic (exact) mass is 232 g/mol. The van der Waals surface area contributed by atoms with Crippen LogP contribution < -0.4 is 0 Å². The Bertz CT molecular complexity index is 536. The molecule has 0 amide bonds. The van der Waals surface area contributed by atoms with Crippen molar-refractivity contribution in [1.29, 1.82) is 0 Å². The molecule has 3 rings (SSSR count). The van der Waals surface area contributed by atoms with Gasteiger partial charge in [-0.05, 0) is 38.6 Å². The Kier molecular flexibility index (Phi) is 2.48. The third-order valence-electron chi connectivity index (χ3n) is 3.43. The average molecular weight is 232 g/mol. The number of likely N-dealkylation sites (tertiary alicyclic amines) is 1. The van der Waals surface area contributed by atoms with Gasteiger partial charge in [-0.15, -0.1) is 5.10 Å². The number of hydrogen-bond acceptors (Lipinski definition) is 4. The van der Waals surface area contributed by atoms with E-state index in [1.54, 1.807) is 16.6 Å². The highest BCUT2D eigenvalue weighted by molar-refractivity contribution is 5.51. The number of nitrogens with zero attached hydrogens (tertiary/aromatic N) is 4. The van der Waals surface area contributed by atoms with Crippen molar-refractivity contribution < 1.29 is 5.11 Å². The molecule has 1 aliphatic heterocycles. The van der Waals surface area contributed by atoms with Gasteiger partial charge in [0.1, 0.15) is 0 Å². The minimum atomic E-state index is 0.185. The Labute approximate surface area is 99.7 Å². The molecular weight excluding hydrogens is 216 g/mol. The van der Waals surface area contributed by atoms with Crippen molar-refractivity contribution in [3.8, 4) is 5.75 Å². The van der Waals surface area contributed by atoms with Crippen LogP contribution in [0.15, 0.2) is 18.3 Å². The summed E-state index contributed by atoms with van der Waals surface area (Å²) in [5, 5.41) is 14.2. The quantitative estimate of drug-likeness (QED) is 0.811. The molecule has 2 aromatic heterocycles. The number of hydrogen-bond donors (Lipinski definition) is 1. The molecule has 1 atom stereocenters. The van der Waals surface area contributed by atoms with Gasteiger partial charge in [-0.2, -0.15) is 0 Å². The molecule has 0 spiro atoms. The van der Waals surface area contributed by atoms with Crippen LogP contribution >= 0.6 is 0 Å². The number of fused-ring (bicyclic) bond motifs is 1. The van der Waals surface area contributed by atoms with E-state index in [-0.39, 0.29) is 11.8 Å². The lowest BCUT2D eigenvalue weighted by Gasteiger charge is -2.30. The van der Waals surface area contributed by atoms with Gasteiger partial charge in [0.15, 0.2) is 17.2 Å². The third kappa shape index (κ3) is 1.76. The lowest BCUT2D eigenvalue weighted by atomic mass is 10.0. The third-order valence-corrected chi connectivity index (χ3v) is 3.43. The lowest BCUT2D eigenvalue weighted by Crippen LogP contribution is -2.30. The fourth-order valence-electron chi connectivity index (χ4n) is 2.45. The Hall–Kier alpha value is -1.62. The molecule has 1 N–H and O–H groups in total. The number of piperidine rings is 1. The van der Waals surface area contributed by atoms with Crippen LogP contribution in [0.25, 0.3) is 5.65 Å². The van der Waals surface area contributed by atoms with E-state index in [4.69, 9.17) is 0 Å². The van der Waals surface area contributed by atoms with E-state index in [2.05, 4.69) is 22.0 Å². The van der Waals surface area contributed by atoms with E-state index in [0.29, 0.717) is 5.65 Å². The summed E-state index contributed by atoms with van der Waals surface area (Å²) in [6.07, 6.45) is 5.37. The Balaban J connectivity index is 2.02. The van der Waals surface area contributed by atoms with E-state index >= 15 is 0 Å². The Morgan fingerprint density at radius 2 is 2.29 bits per heavy atom. The molecule has 90 valence electrons. The lowest BCUT2D eigenvalue weighted by molar-refractivity contribution is 0.179. The molecule has 0 radical (unpaired) electrons. The molecule has 1 aliphatic rings. The van der Waals surface area contributed by atoms with Crippen molar-refractivity contribution in [1.82, 2.24) is 19.5 Å². The first-order valence-corrected chi connectivity index (χ1v) is 6.00. The largest absolute Gasteiger partial charge is 0.504 e. The summed E-state index contributed by atoms with van der Waals surface area (Å²) in [7, 11) is 2.11. The molecule has 0 saturated carbocycles. The second-order valence-corrected chi connectivity index (χ2v) is 4.62. The fourth-order valence-corrected chi connectivity index (χ4v) is 2.45.